The molecule has 1 fully saturated rings. The zero-order chi connectivity index (χ0) is 15.9. The van der Waals surface area contributed by atoms with Crippen LogP contribution < -0.4 is 10.1 Å². The highest BCUT2D eigenvalue weighted by molar-refractivity contribution is 5.89. The van der Waals surface area contributed by atoms with E-state index in [-0.39, 0.29) is 24.2 Å². The van der Waals surface area contributed by atoms with Crippen LogP contribution in [0.1, 0.15) is 12.0 Å². The van der Waals surface area contributed by atoms with E-state index in [1.54, 1.807) is 19.1 Å². The first kappa shape index (κ1) is 16.3. The predicted octanol–water partition coefficient (Wildman–Crippen LogP) is 0.806. The van der Waals surface area contributed by atoms with Gasteiger partial charge in [0, 0.05) is 33.2 Å². The lowest BCUT2D eigenvalue weighted by atomic mass is 10.1. The molecule has 1 aromatic carbocycles. The van der Waals surface area contributed by atoms with E-state index in [2.05, 4.69) is 5.32 Å². The Morgan fingerprint density at radius 3 is 2.95 bits per heavy atom. The van der Waals surface area contributed by atoms with Gasteiger partial charge in [-0.3, -0.25) is 9.59 Å². The van der Waals surface area contributed by atoms with Crippen molar-refractivity contribution in [3.63, 3.8) is 0 Å². The average molecular weight is 306 g/mol. The smallest absolute Gasteiger partial charge is 0.225 e. The molecule has 120 valence electrons. The van der Waals surface area contributed by atoms with Crippen LogP contribution in [0.4, 0.5) is 0 Å². The minimum atomic E-state index is -0.282. The standard InChI is InChI=1S/C16H22N2O4/c1-21-7-6-18-11-13(9-15(18)19)16(20)17-10-12-4-3-5-14(8-12)22-2/h3-5,8,13H,6-7,9-11H2,1-2H3,(H,17,20)/t13-/m1/s1. The molecule has 0 aromatic heterocycles. The second kappa shape index (κ2) is 7.79. The van der Waals surface area contributed by atoms with Crippen LogP contribution >= 0.6 is 0 Å². The lowest BCUT2D eigenvalue weighted by molar-refractivity contribution is -0.129. The highest BCUT2D eigenvalue weighted by atomic mass is 16.5. The van der Waals surface area contributed by atoms with Crippen LogP contribution in [0.3, 0.4) is 0 Å². The van der Waals surface area contributed by atoms with Crippen molar-refractivity contribution in [2.75, 3.05) is 33.9 Å². The number of ether oxygens (including phenoxy) is 2. The summed E-state index contributed by atoms with van der Waals surface area (Å²) in [6.07, 6.45) is 0.271. The number of hydrogen-bond donors (Lipinski definition) is 1. The summed E-state index contributed by atoms with van der Waals surface area (Å²) in [5.74, 6) is 0.401. The van der Waals surface area contributed by atoms with Crippen LogP contribution in [0.2, 0.25) is 0 Å². The number of nitrogens with one attached hydrogen (secondary N) is 1. The molecule has 0 saturated carbocycles. The SMILES string of the molecule is COCCN1C[C@H](C(=O)NCc2cccc(OC)c2)CC1=O. The minimum absolute atomic E-state index is 0.0126. The van der Waals surface area contributed by atoms with Crippen LogP contribution in [-0.2, 0) is 20.9 Å². The van der Waals surface area contributed by atoms with Crippen molar-refractivity contribution < 1.29 is 19.1 Å². The molecule has 0 spiro atoms. The molecule has 22 heavy (non-hydrogen) atoms. The first-order valence-electron chi connectivity index (χ1n) is 7.31. The van der Waals surface area contributed by atoms with Crippen molar-refractivity contribution in [3.05, 3.63) is 29.8 Å². The number of likely N-dealkylation sites (tertiary alicyclic amines) is 1. The van der Waals surface area contributed by atoms with Crippen molar-refractivity contribution in [1.82, 2.24) is 10.2 Å². The van der Waals surface area contributed by atoms with E-state index < -0.39 is 0 Å². The molecule has 2 amide bonds. The first-order chi connectivity index (χ1) is 10.6. The third-order valence-corrected chi connectivity index (χ3v) is 3.75. The molecule has 1 heterocycles. The molecule has 1 N–H and O–H groups in total. The topological polar surface area (TPSA) is 67.9 Å². The van der Waals surface area contributed by atoms with Gasteiger partial charge in [-0.25, -0.2) is 0 Å². The molecular formula is C16H22N2O4. The van der Waals surface area contributed by atoms with Gasteiger partial charge in [0.1, 0.15) is 5.75 Å². The van der Waals surface area contributed by atoms with E-state index in [0.717, 1.165) is 11.3 Å². The first-order valence-corrected chi connectivity index (χ1v) is 7.31. The summed E-state index contributed by atoms with van der Waals surface area (Å²) in [6.45, 7) is 1.92. The number of nitrogens with zero attached hydrogens (tertiary/aromatic N) is 1. The monoisotopic (exact) mass is 306 g/mol. The predicted molar refractivity (Wildman–Crippen MR) is 81.4 cm³/mol. The Hall–Kier alpha value is -2.08. The number of carbonyl (C=O) groups is 2. The summed E-state index contributed by atoms with van der Waals surface area (Å²) in [7, 11) is 3.20. The molecular weight excluding hydrogens is 284 g/mol. The van der Waals surface area contributed by atoms with Gasteiger partial charge in [0.25, 0.3) is 0 Å². The van der Waals surface area contributed by atoms with E-state index in [1.807, 2.05) is 24.3 Å². The molecule has 0 bridgehead atoms. The average Bonchev–Trinajstić information content (AvgIpc) is 2.92. The van der Waals surface area contributed by atoms with E-state index in [9.17, 15) is 9.59 Å². The van der Waals surface area contributed by atoms with E-state index in [0.29, 0.717) is 26.2 Å². The van der Waals surface area contributed by atoms with Gasteiger partial charge in [-0.1, -0.05) is 12.1 Å². The van der Waals surface area contributed by atoms with Gasteiger partial charge in [0.2, 0.25) is 11.8 Å². The van der Waals surface area contributed by atoms with Gasteiger partial charge in [0.05, 0.1) is 19.6 Å². The number of benzene rings is 1. The van der Waals surface area contributed by atoms with E-state index in [1.165, 1.54) is 0 Å². The molecule has 1 atom stereocenters. The van der Waals surface area contributed by atoms with Crippen molar-refractivity contribution in [3.8, 4) is 5.75 Å². The molecule has 6 heteroatoms. The van der Waals surface area contributed by atoms with Gasteiger partial charge in [-0.15, -0.1) is 0 Å². The molecule has 0 radical (unpaired) electrons. The Bertz CT molecular complexity index is 533. The number of amides is 2. The summed E-state index contributed by atoms with van der Waals surface area (Å²) >= 11 is 0. The highest BCUT2D eigenvalue weighted by Gasteiger charge is 2.33. The maximum atomic E-state index is 12.2. The molecule has 6 nitrogen and oxygen atoms in total. The molecule has 1 aliphatic rings. The molecule has 0 unspecified atom stereocenters. The second-order valence-electron chi connectivity index (χ2n) is 5.30. The molecule has 2 rings (SSSR count). The molecule has 1 saturated heterocycles. The largest absolute Gasteiger partial charge is 0.497 e. The van der Waals surface area contributed by atoms with Crippen molar-refractivity contribution >= 4 is 11.8 Å². The van der Waals surface area contributed by atoms with Crippen LogP contribution in [-0.4, -0.2) is 50.6 Å². The highest BCUT2D eigenvalue weighted by Crippen LogP contribution is 2.18. The van der Waals surface area contributed by atoms with Crippen LogP contribution in [0, 0.1) is 5.92 Å². The Morgan fingerprint density at radius 2 is 2.23 bits per heavy atom. The summed E-state index contributed by atoms with van der Waals surface area (Å²) in [5, 5.41) is 2.88. The maximum absolute atomic E-state index is 12.2. The summed E-state index contributed by atoms with van der Waals surface area (Å²) in [6, 6.07) is 7.54. The van der Waals surface area contributed by atoms with E-state index >= 15 is 0 Å². The quantitative estimate of drug-likeness (QED) is 0.809. The number of methoxy groups -OCH3 is 2. The number of hydrogen-bond acceptors (Lipinski definition) is 4. The van der Waals surface area contributed by atoms with Gasteiger partial charge < -0.3 is 19.7 Å². The normalized spacial score (nSPS) is 17.6. The Balaban J connectivity index is 1.83. The summed E-state index contributed by atoms with van der Waals surface area (Å²) < 4.78 is 10.1. The fourth-order valence-corrected chi connectivity index (χ4v) is 2.48. The molecule has 0 aliphatic carbocycles. The van der Waals surface area contributed by atoms with E-state index in [4.69, 9.17) is 9.47 Å². The lowest BCUT2D eigenvalue weighted by Gasteiger charge is -2.15. The number of carbonyl (C=O) groups excluding carboxylic acids is 2. The van der Waals surface area contributed by atoms with Crippen molar-refractivity contribution in [1.29, 1.82) is 0 Å². The third kappa shape index (κ3) is 4.21. The van der Waals surface area contributed by atoms with Gasteiger partial charge in [-0.2, -0.15) is 0 Å². The summed E-state index contributed by atoms with van der Waals surface area (Å²) in [5.41, 5.74) is 0.966. The van der Waals surface area contributed by atoms with Crippen molar-refractivity contribution in [2.24, 2.45) is 5.92 Å². The van der Waals surface area contributed by atoms with Gasteiger partial charge in [0.15, 0.2) is 0 Å². The van der Waals surface area contributed by atoms with Crippen LogP contribution in [0.25, 0.3) is 0 Å². The number of rotatable bonds is 7. The van der Waals surface area contributed by atoms with Crippen LogP contribution in [0.5, 0.6) is 5.75 Å². The van der Waals surface area contributed by atoms with Crippen LogP contribution in [0.15, 0.2) is 24.3 Å². The molecule has 1 aliphatic heterocycles. The van der Waals surface area contributed by atoms with Gasteiger partial charge >= 0.3 is 0 Å². The minimum Gasteiger partial charge on any atom is -0.497 e. The third-order valence-electron chi connectivity index (χ3n) is 3.75. The zero-order valence-corrected chi connectivity index (χ0v) is 13.0. The Kier molecular flexibility index (Phi) is 5.77. The van der Waals surface area contributed by atoms with Crippen molar-refractivity contribution in [2.45, 2.75) is 13.0 Å². The van der Waals surface area contributed by atoms with Gasteiger partial charge in [-0.05, 0) is 17.7 Å². The maximum Gasteiger partial charge on any atom is 0.225 e. The second-order valence-corrected chi connectivity index (χ2v) is 5.30. The molecule has 1 aromatic rings. The fourth-order valence-electron chi connectivity index (χ4n) is 2.48. The Morgan fingerprint density at radius 1 is 1.41 bits per heavy atom. The Labute approximate surface area is 130 Å². The zero-order valence-electron chi connectivity index (χ0n) is 13.0. The fraction of sp³-hybridized carbons (Fsp3) is 0.500. The lowest BCUT2D eigenvalue weighted by Crippen LogP contribution is -2.33. The summed E-state index contributed by atoms with van der Waals surface area (Å²) in [4.78, 5) is 25.7.